The minimum atomic E-state index is -4.77. The Labute approximate surface area is 463 Å². The molecule has 0 spiro atoms. The number of rotatable bonds is 55. The summed E-state index contributed by atoms with van der Waals surface area (Å²) in [6.45, 7) is 4.43. The number of phosphoric acid groups is 1. The number of carbonyl (C=O) groups is 3. The third kappa shape index (κ3) is 55.2. The van der Waals surface area contributed by atoms with Gasteiger partial charge >= 0.3 is 25.7 Å². The van der Waals surface area contributed by atoms with E-state index < -0.39 is 57.8 Å². The van der Waals surface area contributed by atoms with E-state index in [4.69, 9.17) is 23.3 Å². The average Bonchev–Trinajstić information content (AvgIpc) is 3.41. The van der Waals surface area contributed by atoms with Crippen LogP contribution in [0.15, 0.2) is 97.2 Å². The Kier molecular flexibility index (Phi) is 54.8. The lowest BCUT2D eigenvalue weighted by Crippen LogP contribution is -2.30. The number of phosphoric ester groups is 1. The fourth-order valence-corrected chi connectivity index (χ4v) is 8.67. The Balaban J connectivity index is 4.80. The van der Waals surface area contributed by atoms with E-state index >= 15 is 0 Å². The molecule has 0 aliphatic heterocycles. The first-order valence-electron chi connectivity index (χ1n) is 30.1. The summed E-state index contributed by atoms with van der Waals surface area (Å²) in [6, 6.07) is 0. The van der Waals surface area contributed by atoms with E-state index in [9.17, 15) is 28.9 Å². The predicted octanol–water partition coefficient (Wildman–Crippen LogP) is 18.0. The van der Waals surface area contributed by atoms with Crippen LogP contribution in [0.2, 0.25) is 0 Å². The van der Waals surface area contributed by atoms with Gasteiger partial charge < -0.3 is 24.2 Å². The number of hydrogen-bond acceptors (Lipinski definition) is 10. The topological polar surface area (TPSA) is 155 Å². The highest BCUT2D eigenvalue weighted by molar-refractivity contribution is 7.47. The van der Waals surface area contributed by atoms with Crippen molar-refractivity contribution in [1.29, 1.82) is 0 Å². The molecule has 0 aromatic heterocycles. The van der Waals surface area contributed by atoms with Crippen LogP contribution in [0.4, 0.5) is 0 Å². The summed E-state index contributed by atoms with van der Waals surface area (Å²) < 4.78 is 39.5. The van der Waals surface area contributed by atoms with Gasteiger partial charge in [-0.2, -0.15) is 0 Å². The zero-order chi connectivity index (χ0) is 55.5. The molecule has 3 atom stereocenters. The third-order valence-electron chi connectivity index (χ3n) is 12.5. The van der Waals surface area contributed by atoms with Crippen molar-refractivity contribution in [1.82, 2.24) is 0 Å². The zero-order valence-corrected chi connectivity index (χ0v) is 49.1. The molecular weight excluding hydrogens is 976 g/mol. The third-order valence-corrected chi connectivity index (χ3v) is 13.4. The van der Waals surface area contributed by atoms with Gasteiger partial charge in [0.15, 0.2) is 6.10 Å². The summed E-state index contributed by atoms with van der Waals surface area (Å²) in [5.41, 5.74) is 0. The van der Waals surface area contributed by atoms with Crippen LogP contribution in [0.3, 0.4) is 0 Å². The lowest BCUT2D eigenvalue weighted by molar-refractivity contribution is -0.161. The van der Waals surface area contributed by atoms with Crippen LogP contribution in [0.5, 0.6) is 0 Å². The Hall–Kier alpha value is -3.60. The molecule has 0 rings (SSSR count). The predicted molar refractivity (Wildman–Crippen MR) is 316 cm³/mol. The van der Waals surface area contributed by atoms with Crippen molar-refractivity contribution >= 4 is 25.7 Å². The number of aliphatic hydroxyl groups is 1. The van der Waals surface area contributed by atoms with Crippen LogP contribution in [0, 0.1) is 0 Å². The number of allylic oxidation sites excluding steroid dienone is 16. The van der Waals surface area contributed by atoms with Crippen LogP contribution < -0.4 is 0 Å². The van der Waals surface area contributed by atoms with Crippen molar-refractivity contribution in [3.8, 4) is 0 Å². The quantitative estimate of drug-likeness (QED) is 0.0197. The first kappa shape index (κ1) is 72.4. The van der Waals surface area contributed by atoms with Crippen molar-refractivity contribution in [2.45, 2.75) is 264 Å². The van der Waals surface area contributed by atoms with Gasteiger partial charge in [-0.1, -0.05) is 214 Å². The Morgan fingerprint density at radius 1 is 0.382 bits per heavy atom. The maximum Gasteiger partial charge on any atom is 0.472 e. The van der Waals surface area contributed by atoms with Crippen LogP contribution in [0.25, 0.3) is 0 Å². The zero-order valence-electron chi connectivity index (χ0n) is 48.2. The molecule has 11 nitrogen and oxygen atoms in total. The standard InChI is InChI=1S/C64H109O11P/c1-4-7-10-13-16-19-22-25-28-30-33-36-39-42-45-48-51-54-63(67)74-60(56-65)58-72-76(69,70)73-59-61(57-71-62(66)53-50-47-44-41-38-35-32-27-24-21-18-15-12-9-6-3)75-64(68)55-52-49-46-43-40-37-34-31-29-26-23-20-17-14-11-8-5-2/h8,11,16-17,19-20,25-29,32,34,37,43,46,60-61,65H,4-7,9-10,12-15,18,21-24,30-31,33,35-36,38-42,44-45,47-59H2,1-3H3,(H,69,70)/b11-8-,19-16-,20-17-,28-25-,29-26-,32-27-,37-34-,46-43-. The van der Waals surface area contributed by atoms with E-state index in [0.717, 1.165) is 109 Å². The molecule has 0 heterocycles. The average molecular weight is 1090 g/mol. The molecule has 0 aromatic carbocycles. The summed E-state index contributed by atoms with van der Waals surface area (Å²) in [6.07, 6.45) is 67.9. The van der Waals surface area contributed by atoms with Crippen molar-refractivity contribution < 1.29 is 52.2 Å². The van der Waals surface area contributed by atoms with E-state index in [1.54, 1.807) is 0 Å². The van der Waals surface area contributed by atoms with E-state index in [-0.39, 0.29) is 25.9 Å². The fourth-order valence-electron chi connectivity index (χ4n) is 7.89. The van der Waals surface area contributed by atoms with Gasteiger partial charge in [0.2, 0.25) is 0 Å². The molecule has 0 aliphatic rings. The van der Waals surface area contributed by atoms with Crippen molar-refractivity contribution in [2.24, 2.45) is 0 Å². The second-order valence-electron chi connectivity index (χ2n) is 19.8. The number of esters is 3. The highest BCUT2D eigenvalue weighted by atomic mass is 31.2. The fraction of sp³-hybridized carbons (Fsp3) is 0.703. The molecule has 3 unspecified atom stereocenters. The molecule has 436 valence electrons. The van der Waals surface area contributed by atoms with Gasteiger partial charge in [0.25, 0.3) is 0 Å². The van der Waals surface area contributed by atoms with Crippen LogP contribution in [-0.4, -0.2) is 66.5 Å². The SMILES string of the molecule is CC/C=C\C/C=C\C/C=C\C/C=C\C/C=C\CCCC(=O)OC(COC(=O)CCCCCCC/C=C\CCCCCCCC)COP(=O)(O)OCC(CO)OC(=O)CCCCCCCCC/C=C\C/C=C\CCCCC. The number of aliphatic hydroxyl groups excluding tert-OH is 1. The van der Waals surface area contributed by atoms with Gasteiger partial charge in [0.05, 0.1) is 19.8 Å². The van der Waals surface area contributed by atoms with Crippen molar-refractivity contribution in [3.05, 3.63) is 97.2 Å². The number of carbonyl (C=O) groups excluding carboxylic acids is 3. The number of hydrogen-bond donors (Lipinski definition) is 2. The normalized spacial score (nSPS) is 14.0. The minimum Gasteiger partial charge on any atom is -0.462 e. The van der Waals surface area contributed by atoms with Crippen LogP contribution >= 0.6 is 7.82 Å². The molecule has 0 saturated carbocycles. The highest BCUT2D eigenvalue weighted by Crippen LogP contribution is 2.43. The first-order valence-corrected chi connectivity index (χ1v) is 31.6. The van der Waals surface area contributed by atoms with Gasteiger partial charge in [-0.05, 0) is 116 Å². The first-order chi connectivity index (χ1) is 37.2. The largest absolute Gasteiger partial charge is 0.472 e. The molecule has 0 bridgehead atoms. The number of ether oxygens (including phenoxy) is 3. The van der Waals surface area contributed by atoms with Crippen molar-refractivity contribution in [3.63, 3.8) is 0 Å². The van der Waals surface area contributed by atoms with Gasteiger partial charge in [0, 0.05) is 19.3 Å². The Morgan fingerprint density at radius 2 is 0.697 bits per heavy atom. The molecule has 0 aromatic rings. The minimum absolute atomic E-state index is 0.0838. The molecule has 12 heteroatoms. The molecule has 76 heavy (non-hydrogen) atoms. The Bertz CT molecular complexity index is 1640. The summed E-state index contributed by atoms with van der Waals surface area (Å²) in [5.74, 6) is -1.55. The summed E-state index contributed by atoms with van der Waals surface area (Å²) in [4.78, 5) is 48.6. The van der Waals surface area contributed by atoms with Gasteiger partial charge in [-0.25, -0.2) is 4.57 Å². The van der Waals surface area contributed by atoms with Gasteiger partial charge in [0.1, 0.15) is 12.7 Å². The van der Waals surface area contributed by atoms with Crippen molar-refractivity contribution in [2.75, 3.05) is 26.4 Å². The Morgan fingerprint density at radius 3 is 1.14 bits per heavy atom. The van der Waals surface area contributed by atoms with Gasteiger partial charge in [-0.3, -0.25) is 23.4 Å². The molecule has 0 saturated heterocycles. The van der Waals surface area contributed by atoms with Crippen LogP contribution in [0.1, 0.15) is 252 Å². The van der Waals surface area contributed by atoms with Gasteiger partial charge in [-0.15, -0.1) is 0 Å². The number of unbranched alkanes of at least 4 members (excludes halogenated alkanes) is 22. The van der Waals surface area contributed by atoms with Crippen LogP contribution in [-0.2, 0) is 42.2 Å². The summed E-state index contributed by atoms with van der Waals surface area (Å²) in [5, 5.41) is 9.83. The molecule has 0 aliphatic carbocycles. The molecule has 0 fully saturated rings. The molecule has 0 radical (unpaired) electrons. The smallest absolute Gasteiger partial charge is 0.462 e. The second kappa shape index (κ2) is 57.6. The molecule has 0 amide bonds. The lowest BCUT2D eigenvalue weighted by Gasteiger charge is -2.21. The van der Waals surface area contributed by atoms with E-state index in [0.29, 0.717) is 25.7 Å². The second-order valence-corrected chi connectivity index (χ2v) is 21.2. The monoisotopic (exact) mass is 1080 g/mol. The maximum absolute atomic E-state index is 12.9. The summed E-state index contributed by atoms with van der Waals surface area (Å²) in [7, 11) is -4.77. The maximum atomic E-state index is 12.9. The lowest BCUT2D eigenvalue weighted by atomic mass is 10.1. The summed E-state index contributed by atoms with van der Waals surface area (Å²) >= 11 is 0. The van der Waals surface area contributed by atoms with E-state index in [1.807, 2.05) is 12.2 Å². The molecular formula is C64H109O11P. The molecule has 2 N–H and O–H groups in total. The van der Waals surface area contributed by atoms with E-state index in [2.05, 4.69) is 106 Å². The highest BCUT2D eigenvalue weighted by Gasteiger charge is 2.28. The van der Waals surface area contributed by atoms with E-state index in [1.165, 1.54) is 77.0 Å².